The molecule has 5 nitrogen and oxygen atoms in total. The Morgan fingerprint density at radius 2 is 1.76 bits per heavy atom. The van der Waals surface area contributed by atoms with Crippen LogP contribution in [0.1, 0.15) is 19.4 Å². The van der Waals surface area contributed by atoms with Crippen molar-refractivity contribution in [3.05, 3.63) is 48.4 Å². The fourth-order valence-corrected chi connectivity index (χ4v) is 3.59. The van der Waals surface area contributed by atoms with Gasteiger partial charge in [0.1, 0.15) is 5.66 Å². The Balaban J connectivity index is 1.86. The van der Waals surface area contributed by atoms with Crippen LogP contribution in [0.15, 0.2) is 51.7 Å². The number of hydrogen-bond donors (Lipinski definition) is 0. The van der Waals surface area contributed by atoms with Crippen molar-refractivity contribution in [2.24, 2.45) is 0 Å². The van der Waals surface area contributed by atoms with E-state index in [1.165, 1.54) is 5.56 Å². The number of pyridine rings is 1. The summed E-state index contributed by atoms with van der Waals surface area (Å²) in [5, 5.41) is 1.89. The zero-order chi connectivity index (χ0) is 17.3. The molecule has 0 bridgehead atoms. The first-order chi connectivity index (χ1) is 12.0. The quantitative estimate of drug-likeness (QED) is 0.491. The summed E-state index contributed by atoms with van der Waals surface area (Å²) in [6.45, 7) is 6.50. The van der Waals surface area contributed by atoms with E-state index < -0.39 is 0 Å². The Labute approximate surface area is 145 Å². The maximum absolute atomic E-state index is 6.33. The van der Waals surface area contributed by atoms with Gasteiger partial charge in [-0.2, -0.15) is 0 Å². The second-order valence-electron chi connectivity index (χ2n) is 7.10. The van der Waals surface area contributed by atoms with Crippen molar-refractivity contribution in [1.82, 2.24) is 9.88 Å². The van der Waals surface area contributed by atoms with Gasteiger partial charge in [0.2, 0.25) is 5.71 Å². The predicted octanol–water partition coefficient (Wildman–Crippen LogP) is 4.99. The van der Waals surface area contributed by atoms with Gasteiger partial charge in [-0.25, -0.2) is 4.98 Å². The molecule has 1 aromatic carbocycles. The Morgan fingerprint density at radius 1 is 0.960 bits per heavy atom. The van der Waals surface area contributed by atoms with E-state index in [0.717, 1.165) is 33.2 Å². The molecule has 3 aromatic heterocycles. The molecule has 0 aliphatic carbocycles. The van der Waals surface area contributed by atoms with Crippen molar-refractivity contribution in [2.75, 3.05) is 11.9 Å². The molecule has 4 aromatic rings. The highest BCUT2D eigenvalue weighted by Gasteiger charge is 2.35. The average Bonchev–Trinajstić information content (AvgIpc) is 3.19. The molecule has 1 aliphatic heterocycles. The molecule has 0 atom stereocenters. The summed E-state index contributed by atoms with van der Waals surface area (Å²) in [5.74, 6) is 0. The molecule has 126 valence electrons. The number of hydrogen-bond acceptors (Lipinski definition) is 5. The zero-order valence-electron chi connectivity index (χ0n) is 14.7. The van der Waals surface area contributed by atoms with Gasteiger partial charge in [0.15, 0.2) is 16.7 Å². The number of nitrogens with zero attached hydrogens (tertiary/aromatic N) is 3. The lowest BCUT2D eigenvalue weighted by molar-refractivity contribution is 0.253. The van der Waals surface area contributed by atoms with Crippen LogP contribution in [-0.4, -0.2) is 22.6 Å². The number of anilines is 1. The van der Waals surface area contributed by atoms with Crippen LogP contribution in [0.25, 0.3) is 33.2 Å². The van der Waals surface area contributed by atoms with Crippen molar-refractivity contribution in [1.29, 1.82) is 0 Å². The molecule has 0 saturated heterocycles. The maximum atomic E-state index is 6.33. The number of furan rings is 2. The molecule has 4 heterocycles. The van der Waals surface area contributed by atoms with Crippen LogP contribution in [0.5, 0.6) is 0 Å². The first-order valence-corrected chi connectivity index (χ1v) is 8.38. The molecule has 0 unspecified atom stereocenters. The molecular weight excluding hydrogens is 314 g/mol. The third-order valence-electron chi connectivity index (χ3n) is 5.34. The van der Waals surface area contributed by atoms with Gasteiger partial charge < -0.3 is 18.6 Å². The summed E-state index contributed by atoms with van der Waals surface area (Å²) in [4.78, 5) is 8.74. The third-order valence-corrected chi connectivity index (χ3v) is 5.34. The molecular formula is C20H19N3O2. The van der Waals surface area contributed by atoms with Crippen molar-refractivity contribution in [3.63, 3.8) is 0 Å². The van der Waals surface area contributed by atoms with Gasteiger partial charge in [-0.05, 0) is 44.5 Å². The highest BCUT2D eigenvalue weighted by Crippen LogP contribution is 2.44. The van der Waals surface area contributed by atoms with E-state index in [1.807, 2.05) is 12.1 Å². The van der Waals surface area contributed by atoms with Crippen LogP contribution >= 0.6 is 0 Å². The summed E-state index contributed by atoms with van der Waals surface area (Å²) >= 11 is 0. The summed E-state index contributed by atoms with van der Waals surface area (Å²) in [5.41, 5.74) is 5.06. The third kappa shape index (κ3) is 1.75. The number of aromatic nitrogens is 1. The minimum Gasteiger partial charge on any atom is -0.450 e. The molecule has 0 radical (unpaired) electrons. The molecule has 5 heteroatoms. The van der Waals surface area contributed by atoms with Gasteiger partial charge in [0.25, 0.3) is 0 Å². The first kappa shape index (κ1) is 14.4. The normalized spacial score (nSPS) is 16.8. The molecule has 0 fully saturated rings. The van der Waals surface area contributed by atoms with Crippen LogP contribution < -0.4 is 4.90 Å². The van der Waals surface area contributed by atoms with Gasteiger partial charge in [0, 0.05) is 25.6 Å². The van der Waals surface area contributed by atoms with Crippen LogP contribution in [0.4, 0.5) is 5.69 Å². The van der Waals surface area contributed by atoms with Gasteiger partial charge in [-0.3, -0.25) is 0 Å². The van der Waals surface area contributed by atoms with E-state index >= 15 is 0 Å². The molecule has 0 amide bonds. The molecule has 5 rings (SSSR count). The highest BCUT2D eigenvalue weighted by molar-refractivity contribution is 6.14. The number of benzene rings is 1. The first-order valence-electron chi connectivity index (χ1n) is 8.38. The summed E-state index contributed by atoms with van der Waals surface area (Å²) in [6, 6.07) is 8.07. The predicted molar refractivity (Wildman–Crippen MR) is 99.5 cm³/mol. The maximum Gasteiger partial charge on any atom is 0.230 e. The number of aryl methyl sites for hydroxylation is 1. The van der Waals surface area contributed by atoms with Crippen molar-refractivity contribution in [3.8, 4) is 0 Å². The lowest BCUT2D eigenvalue weighted by Crippen LogP contribution is -2.46. The Bertz CT molecular complexity index is 1170. The lowest BCUT2D eigenvalue weighted by Gasteiger charge is -2.38. The molecule has 0 N–H and O–H groups in total. The molecule has 0 saturated carbocycles. The summed E-state index contributed by atoms with van der Waals surface area (Å²) < 4.78 is 12.3. The minimum absolute atomic E-state index is 0.170. The van der Waals surface area contributed by atoms with Crippen molar-refractivity contribution in [2.45, 2.75) is 26.4 Å². The smallest absolute Gasteiger partial charge is 0.230 e. The Kier molecular flexibility index (Phi) is 2.63. The molecule has 25 heavy (non-hydrogen) atoms. The lowest BCUT2D eigenvalue weighted by atomic mass is 10.1. The summed E-state index contributed by atoms with van der Waals surface area (Å²) in [7, 11) is 2.08. The van der Waals surface area contributed by atoms with E-state index in [2.05, 4.69) is 67.1 Å². The van der Waals surface area contributed by atoms with Crippen molar-refractivity contribution < 1.29 is 8.83 Å². The van der Waals surface area contributed by atoms with Crippen LogP contribution in [0, 0.1) is 6.92 Å². The Hall–Kier alpha value is -2.95. The minimum atomic E-state index is -0.170. The van der Waals surface area contributed by atoms with E-state index in [1.54, 1.807) is 6.20 Å². The van der Waals surface area contributed by atoms with Gasteiger partial charge in [0.05, 0.1) is 16.5 Å². The zero-order valence-corrected chi connectivity index (χ0v) is 14.7. The SMILES string of the molecule is Cc1ccc2c(oc3c4cccnc4oc23)c1N1C=CN(C)C1(C)C. The number of fused-ring (bicyclic) bond motifs is 5. The largest absolute Gasteiger partial charge is 0.450 e. The van der Waals surface area contributed by atoms with Crippen LogP contribution in [0.2, 0.25) is 0 Å². The highest BCUT2D eigenvalue weighted by atomic mass is 16.4. The monoisotopic (exact) mass is 333 g/mol. The van der Waals surface area contributed by atoms with Crippen molar-refractivity contribution >= 4 is 38.9 Å². The van der Waals surface area contributed by atoms with E-state index in [9.17, 15) is 0 Å². The molecule has 0 spiro atoms. The van der Waals surface area contributed by atoms with Gasteiger partial charge >= 0.3 is 0 Å². The fourth-order valence-electron chi connectivity index (χ4n) is 3.59. The van der Waals surface area contributed by atoms with E-state index in [0.29, 0.717) is 5.71 Å². The second-order valence-corrected chi connectivity index (χ2v) is 7.10. The Morgan fingerprint density at radius 3 is 2.52 bits per heavy atom. The van der Waals surface area contributed by atoms with E-state index in [4.69, 9.17) is 8.83 Å². The average molecular weight is 333 g/mol. The van der Waals surface area contributed by atoms with Crippen LogP contribution in [0.3, 0.4) is 0 Å². The number of rotatable bonds is 1. The van der Waals surface area contributed by atoms with E-state index in [-0.39, 0.29) is 5.66 Å². The molecule has 1 aliphatic rings. The summed E-state index contributed by atoms with van der Waals surface area (Å²) in [6.07, 6.45) is 5.92. The van der Waals surface area contributed by atoms with Gasteiger partial charge in [-0.15, -0.1) is 0 Å². The topological polar surface area (TPSA) is 45.7 Å². The van der Waals surface area contributed by atoms with Crippen LogP contribution in [-0.2, 0) is 0 Å². The standard InChI is InChI=1S/C20H19N3O2/c1-12-7-8-13-16(15(12)23-11-10-22(4)20(23,2)3)24-18-14-6-5-9-21-19(14)25-17(13)18/h5-11H,1-4H3. The van der Waals surface area contributed by atoms with Gasteiger partial charge in [-0.1, -0.05) is 6.07 Å². The fraction of sp³-hybridized carbons (Fsp3) is 0.250. The second kappa shape index (κ2) is 4.57.